The summed E-state index contributed by atoms with van der Waals surface area (Å²) in [5.41, 5.74) is 3.39. The van der Waals surface area contributed by atoms with Gasteiger partial charge in [0.2, 0.25) is 0 Å². The van der Waals surface area contributed by atoms with Crippen molar-refractivity contribution >= 4 is 23.5 Å². The number of aldehydes is 1. The number of nitrogens with zero attached hydrogens (tertiary/aromatic N) is 3. The molecule has 45 heavy (non-hydrogen) atoms. The van der Waals surface area contributed by atoms with E-state index in [9.17, 15) is 9.90 Å². The fourth-order valence-electron chi connectivity index (χ4n) is 5.74. The Balaban J connectivity index is 1.31. The lowest BCUT2D eigenvalue weighted by Crippen LogP contribution is -2.32. The summed E-state index contributed by atoms with van der Waals surface area (Å²) in [4.78, 5) is 18.2. The van der Waals surface area contributed by atoms with Crippen LogP contribution < -0.4 is 9.47 Å². The van der Waals surface area contributed by atoms with Gasteiger partial charge < -0.3 is 24.2 Å². The molecule has 3 aromatic rings. The Kier molecular flexibility index (Phi) is 10.6. The zero-order valence-electron chi connectivity index (χ0n) is 25.6. The second-order valence-electron chi connectivity index (χ2n) is 12.0. The number of nitriles is 1. The van der Waals surface area contributed by atoms with Crippen molar-refractivity contribution in [2.24, 2.45) is 11.3 Å². The number of benzene rings is 2. The lowest BCUT2D eigenvalue weighted by molar-refractivity contribution is 0.111. The molecule has 0 radical (unpaired) electrons. The lowest BCUT2D eigenvalue weighted by atomic mass is 9.68. The number of hydrogen-bond acceptors (Lipinski definition) is 8. The number of rotatable bonds is 13. The molecule has 0 amide bonds. The van der Waals surface area contributed by atoms with Crippen molar-refractivity contribution in [3.63, 3.8) is 0 Å². The first kappa shape index (κ1) is 32.2. The minimum atomic E-state index is -0.298. The van der Waals surface area contributed by atoms with E-state index in [-0.39, 0.29) is 24.0 Å². The predicted octanol–water partition coefficient (Wildman–Crippen LogP) is 6.47. The van der Waals surface area contributed by atoms with Gasteiger partial charge >= 0.3 is 0 Å². The maximum atomic E-state index is 11.8. The van der Waals surface area contributed by atoms with Crippen LogP contribution in [0.15, 0.2) is 78.8 Å². The SMILES string of the molecule is CC1(C)C(c2ccccc2)=CC(OCCCN2CCC(O)C2)=C[C@H]1COc1cc(OCc2cncc(C#N)c2)c(C=O)cc1Cl. The second-order valence-corrected chi connectivity index (χ2v) is 12.4. The van der Waals surface area contributed by atoms with Crippen LogP contribution in [-0.2, 0) is 11.3 Å². The molecule has 1 aromatic heterocycles. The van der Waals surface area contributed by atoms with Crippen molar-refractivity contribution in [1.29, 1.82) is 5.26 Å². The van der Waals surface area contributed by atoms with Crippen LogP contribution in [0.3, 0.4) is 0 Å². The Hall–Kier alpha value is -4.16. The number of aliphatic hydroxyl groups is 1. The molecule has 1 aliphatic heterocycles. The van der Waals surface area contributed by atoms with Crippen LogP contribution in [0.25, 0.3) is 5.57 Å². The maximum Gasteiger partial charge on any atom is 0.153 e. The fraction of sp³-hybridized carbons (Fsp3) is 0.361. The number of aromatic nitrogens is 1. The lowest BCUT2D eigenvalue weighted by Gasteiger charge is -2.38. The van der Waals surface area contributed by atoms with E-state index in [0.29, 0.717) is 52.7 Å². The Bertz CT molecular complexity index is 1600. The molecule has 9 heteroatoms. The molecule has 2 aromatic carbocycles. The third kappa shape index (κ3) is 8.12. The standard InChI is InChI=1S/C36H38ClN3O5/c1-36(2)29(15-31(16-32(36)27-7-4-3-5-8-27)43-12-6-10-40-11-9-30(42)21-40)24-45-35-17-34(28(22-41)14-33(35)37)44-23-26-13-25(18-38)19-39-20-26/h3-5,7-8,13-17,19-20,22,29-30,42H,6,9-12,21,23-24H2,1-2H3/t29-,30?/m0/s1. The third-order valence-electron chi connectivity index (χ3n) is 8.42. The summed E-state index contributed by atoms with van der Waals surface area (Å²) in [6.45, 7) is 7.92. The van der Waals surface area contributed by atoms with Crippen LogP contribution in [-0.4, -0.2) is 60.2 Å². The van der Waals surface area contributed by atoms with E-state index in [1.54, 1.807) is 18.3 Å². The van der Waals surface area contributed by atoms with E-state index in [4.69, 9.17) is 31.1 Å². The highest BCUT2D eigenvalue weighted by Crippen LogP contribution is 2.46. The summed E-state index contributed by atoms with van der Waals surface area (Å²) in [5, 5.41) is 19.3. The molecule has 1 aliphatic carbocycles. The van der Waals surface area contributed by atoms with Gasteiger partial charge in [-0.15, -0.1) is 0 Å². The maximum absolute atomic E-state index is 11.8. The first-order chi connectivity index (χ1) is 21.8. The molecular formula is C36H38ClN3O5. The second kappa shape index (κ2) is 14.7. The molecule has 2 aliphatic rings. The van der Waals surface area contributed by atoms with Crippen LogP contribution in [0.4, 0.5) is 0 Å². The molecule has 0 bridgehead atoms. The number of carbonyl (C=O) groups is 1. The van der Waals surface area contributed by atoms with Crippen molar-refractivity contribution in [2.45, 2.75) is 39.4 Å². The minimum Gasteiger partial charge on any atom is -0.494 e. The van der Waals surface area contributed by atoms with Crippen molar-refractivity contribution in [3.8, 4) is 17.6 Å². The smallest absolute Gasteiger partial charge is 0.153 e. The van der Waals surface area contributed by atoms with Crippen LogP contribution in [0.2, 0.25) is 5.02 Å². The van der Waals surface area contributed by atoms with Crippen molar-refractivity contribution in [2.75, 3.05) is 32.8 Å². The van der Waals surface area contributed by atoms with Crippen LogP contribution >= 0.6 is 11.6 Å². The zero-order chi connectivity index (χ0) is 31.8. The Morgan fingerprint density at radius 3 is 2.69 bits per heavy atom. The average Bonchev–Trinajstić information content (AvgIpc) is 3.47. The zero-order valence-corrected chi connectivity index (χ0v) is 26.4. The summed E-state index contributed by atoms with van der Waals surface area (Å²) in [7, 11) is 0. The van der Waals surface area contributed by atoms with Crippen LogP contribution in [0.1, 0.15) is 53.7 Å². The molecule has 0 saturated carbocycles. The van der Waals surface area contributed by atoms with Gasteiger partial charge in [-0.2, -0.15) is 5.26 Å². The van der Waals surface area contributed by atoms with Crippen LogP contribution in [0, 0.1) is 22.7 Å². The van der Waals surface area contributed by atoms with E-state index in [2.05, 4.69) is 54.1 Å². The highest BCUT2D eigenvalue weighted by atomic mass is 35.5. The Morgan fingerprint density at radius 1 is 1.13 bits per heavy atom. The first-order valence-electron chi connectivity index (χ1n) is 15.2. The normalized spacial score (nSPS) is 19.3. The number of likely N-dealkylation sites (tertiary alicyclic amines) is 1. The molecular weight excluding hydrogens is 590 g/mol. The quantitative estimate of drug-likeness (QED) is 0.170. The topological polar surface area (TPSA) is 105 Å². The molecule has 5 rings (SSSR count). The fourth-order valence-corrected chi connectivity index (χ4v) is 5.97. The number of aliphatic hydroxyl groups excluding tert-OH is 1. The summed E-state index contributed by atoms with van der Waals surface area (Å²) < 4.78 is 18.6. The number of β-amino-alcohol motifs (C(OH)–C–C–N with tert-alkyl or cyclic N) is 1. The summed E-state index contributed by atoms with van der Waals surface area (Å²) >= 11 is 6.57. The third-order valence-corrected chi connectivity index (χ3v) is 8.72. The number of ether oxygens (including phenoxy) is 3. The number of pyridine rings is 1. The molecule has 1 fully saturated rings. The van der Waals surface area contributed by atoms with Gasteiger partial charge in [0.05, 0.1) is 35.5 Å². The Labute approximate surface area is 269 Å². The molecule has 1 N–H and O–H groups in total. The van der Waals surface area contributed by atoms with Crippen LogP contribution in [0.5, 0.6) is 11.5 Å². The van der Waals surface area contributed by atoms with Crippen molar-refractivity contribution in [1.82, 2.24) is 9.88 Å². The van der Waals surface area contributed by atoms with Gasteiger partial charge in [-0.25, -0.2) is 0 Å². The monoisotopic (exact) mass is 627 g/mol. The molecule has 1 unspecified atom stereocenters. The Morgan fingerprint density at radius 2 is 1.96 bits per heavy atom. The number of hydrogen-bond donors (Lipinski definition) is 1. The van der Waals surface area contributed by atoms with Crippen molar-refractivity contribution < 1.29 is 24.1 Å². The minimum absolute atomic E-state index is 0.0626. The molecule has 234 valence electrons. The van der Waals surface area contributed by atoms with Gasteiger partial charge in [0.1, 0.15) is 29.9 Å². The van der Waals surface area contributed by atoms with E-state index >= 15 is 0 Å². The molecule has 0 spiro atoms. The van der Waals surface area contributed by atoms with Gasteiger partial charge in [0.25, 0.3) is 0 Å². The van der Waals surface area contributed by atoms with E-state index in [1.165, 1.54) is 12.3 Å². The van der Waals surface area contributed by atoms with Gasteiger partial charge in [0, 0.05) is 55.0 Å². The summed E-state index contributed by atoms with van der Waals surface area (Å²) in [6.07, 6.45) is 9.48. The van der Waals surface area contributed by atoms with Gasteiger partial charge in [-0.3, -0.25) is 9.78 Å². The highest BCUT2D eigenvalue weighted by molar-refractivity contribution is 6.32. The molecule has 2 heterocycles. The highest BCUT2D eigenvalue weighted by Gasteiger charge is 2.37. The van der Waals surface area contributed by atoms with E-state index in [0.717, 1.165) is 49.4 Å². The predicted molar refractivity (Wildman–Crippen MR) is 173 cm³/mol. The van der Waals surface area contributed by atoms with Gasteiger partial charge in [0.15, 0.2) is 6.29 Å². The van der Waals surface area contributed by atoms with Crippen molar-refractivity contribution in [3.05, 3.63) is 106 Å². The van der Waals surface area contributed by atoms with Gasteiger partial charge in [-0.05, 0) is 48.3 Å². The number of halogens is 1. The molecule has 8 nitrogen and oxygen atoms in total. The average molecular weight is 628 g/mol. The summed E-state index contributed by atoms with van der Waals surface area (Å²) in [5.74, 6) is 1.45. The number of allylic oxidation sites excluding steroid dienone is 2. The number of carbonyl (C=O) groups excluding carboxylic acids is 1. The molecule has 2 atom stereocenters. The largest absolute Gasteiger partial charge is 0.494 e. The molecule has 1 saturated heterocycles. The first-order valence-corrected chi connectivity index (χ1v) is 15.6. The van der Waals surface area contributed by atoms with E-state index < -0.39 is 0 Å². The van der Waals surface area contributed by atoms with Gasteiger partial charge in [-0.1, -0.05) is 55.8 Å². The van der Waals surface area contributed by atoms with E-state index in [1.807, 2.05) is 18.2 Å². The summed E-state index contributed by atoms with van der Waals surface area (Å²) in [6, 6.07) is 17.2.